The van der Waals surface area contributed by atoms with Crippen LogP contribution in [0.1, 0.15) is 11.9 Å². The monoisotopic (exact) mass is 283 g/mol. The Morgan fingerprint density at radius 1 is 1.42 bits per heavy atom. The van der Waals surface area contributed by atoms with Crippen molar-refractivity contribution in [3.05, 3.63) is 29.1 Å². The Kier molecular flexibility index (Phi) is 4.36. The zero-order chi connectivity index (χ0) is 13.8. The van der Waals surface area contributed by atoms with Gasteiger partial charge in [-0.1, -0.05) is 16.8 Å². The van der Waals surface area contributed by atoms with Gasteiger partial charge < -0.3 is 19.7 Å². The average Bonchev–Trinajstić information content (AvgIpc) is 2.88. The summed E-state index contributed by atoms with van der Waals surface area (Å²) < 4.78 is 15.3. The molecular weight excluding hydrogens is 270 g/mol. The van der Waals surface area contributed by atoms with Crippen LogP contribution in [0.3, 0.4) is 0 Å². The van der Waals surface area contributed by atoms with Gasteiger partial charge in [0.05, 0.1) is 19.3 Å². The SMILES string of the molecule is COCC(N)c1nc(-c2ccc(Cl)cc2OC)no1. The zero-order valence-electron chi connectivity index (χ0n) is 10.6. The summed E-state index contributed by atoms with van der Waals surface area (Å²) in [6.07, 6.45) is 0. The van der Waals surface area contributed by atoms with E-state index in [1.807, 2.05) is 0 Å². The second-order valence-electron chi connectivity index (χ2n) is 3.86. The fourth-order valence-electron chi connectivity index (χ4n) is 1.60. The van der Waals surface area contributed by atoms with Gasteiger partial charge in [0, 0.05) is 12.1 Å². The molecule has 19 heavy (non-hydrogen) atoms. The van der Waals surface area contributed by atoms with Crippen LogP contribution in [0, 0.1) is 0 Å². The minimum atomic E-state index is -0.454. The van der Waals surface area contributed by atoms with Gasteiger partial charge in [-0.25, -0.2) is 0 Å². The molecule has 102 valence electrons. The molecule has 1 heterocycles. The first kappa shape index (κ1) is 13.8. The fourth-order valence-corrected chi connectivity index (χ4v) is 1.76. The number of nitrogens with zero attached hydrogens (tertiary/aromatic N) is 2. The van der Waals surface area contributed by atoms with E-state index in [2.05, 4.69) is 10.1 Å². The molecule has 1 aromatic carbocycles. The van der Waals surface area contributed by atoms with Crippen LogP contribution >= 0.6 is 11.6 Å². The smallest absolute Gasteiger partial charge is 0.246 e. The average molecular weight is 284 g/mol. The molecular formula is C12H14ClN3O3. The van der Waals surface area contributed by atoms with Gasteiger partial charge in [-0.2, -0.15) is 4.98 Å². The molecule has 0 amide bonds. The largest absolute Gasteiger partial charge is 0.496 e. The number of halogens is 1. The van der Waals surface area contributed by atoms with E-state index in [1.165, 1.54) is 0 Å². The second kappa shape index (κ2) is 6.01. The molecule has 2 rings (SSSR count). The Morgan fingerprint density at radius 3 is 2.89 bits per heavy atom. The van der Waals surface area contributed by atoms with Gasteiger partial charge in [-0.3, -0.25) is 0 Å². The van der Waals surface area contributed by atoms with E-state index in [0.717, 1.165) is 0 Å². The molecule has 0 aliphatic rings. The lowest BCUT2D eigenvalue weighted by molar-refractivity contribution is 0.166. The summed E-state index contributed by atoms with van der Waals surface area (Å²) in [7, 11) is 3.10. The number of hydrogen-bond acceptors (Lipinski definition) is 6. The summed E-state index contributed by atoms with van der Waals surface area (Å²) in [6, 6.07) is 4.72. The molecule has 1 atom stereocenters. The molecule has 6 nitrogen and oxygen atoms in total. The van der Waals surface area contributed by atoms with Crippen molar-refractivity contribution < 1.29 is 14.0 Å². The summed E-state index contributed by atoms with van der Waals surface area (Å²) in [4.78, 5) is 4.23. The summed E-state index contributed by atoms with van der Waals surface area (Å²) in [6.45, 7) is 0.305. The summed E-state index contributed by atoms with van der Waals surface area (Å²) in [5, 5.41) is 4.45. The molecule has 7 heteroatoms. The molecule has 2 N–H and O–H groups in total. The van der Waals surface area contributed by atoms with Crippen LogP contribution in [0.25, 0.3) is 11.4 Å². The molecule has 1 aromatic heterocycles. The Bertz CT molecular complexity index is 559. The van der Waals surface area contributed by atoms with Gasteiger partial charge in [0.15, 0.2) is 0 Å². The number of methoxy groups -OCH3 is 2. The van der Waals surface area contributed by atoms with E-state index >= 15 is 0 Å². The number of ether oxygens (including phenoxy) is 2. The standard InChI is InChI=1S/C12H14ClN3O3/c1-17-6-9(14)12-15-11(16-19-12)8-4-3-7(13)5-10(8)18-2/h3-5,9H,6,14H2,1-2H3. The van der Waals surface area contributed by atoms with Crippen LogP contribution in [-0.4, -0.2) is 31.0 Å². The lowest BCUT2D eigenvalue weighted by Gasteiger charge is -2.05. The second-order valence-corrected chi connectivity index (χ2v) is 4.30. The van der Waals surface area contributed by atoms with Gasteiger partial charge >= 0.3 is 0 Å². The maximum atomic E-state index is 5.90. The van der Waals surface area contributed by atoms with Crippen molar-refractivity contribution >= 4 is 11.6 Å². The highest BCUT2D eigenvalue weighted by molar-refractivity contribution is 6.30. The summed E-state index contributed by atoms with van der Waals surface area (Å²) in [5.74, 6) is 1.28. The predicted octanol–water partition coefficient (Wildman–Crippen LogP) is 2.04. The molecule has 0 saturated heterocycles. The number of benzene rings is 1. The molecule has 0 aliphatic heterocycles. The first-order chi connectivity index (χ1) is 9.15. The van der Waals surface area contributed by atoms with Crippen molar-refractivity contribution in [3.63, 3.8) is 0 Å². The number of rotatable bonds is 5. The Hall–Kier alpha value is -1.63. The molecule has 0 fully saturated rings. The number of nitrogens with two attached hydrogens (primary N) is 1. The van der Waals surface area contributed by atoms with Crippen molar-refractivity contribution in [2.75, 3.05) is 20.8 Å². The third-order valence-electron chi connectivity index (χ3n) is 2.51. The van der Waals surface area contributed by atoms with Gasteiger partial charge in [-0.05, 0) is 18.2 Å². The van der Waals surface area contributed by atoms with Gasteiger partial charge in [0.25, 0.3) is 0 Å². The van der Waals surface area contributed by atoms with Gasteiger partial charge in [0.1, 0.15) is 11.8 Å². The topological polar surface area (TPSA) is 83.4 Å². The number of aromatic nitrogens is 2. The van der Waals surface area contributed by atoms with Crippen molar-refractivity contribution in [3.8, 4) is 17.1 Å². The first-order valence-electron chi connectivity index (χ1n) is 5.57. The molecule has 2 aromatic rings. The molecule has 0 radical (unpaired) electrons. The summed E-state index contributed by atoms with van der Waals surface area (Å²) >= 11 is 5.90. The Morgan fingerprint density at radius 2 is 2.21 bits per heavy atom. The third-order valence-corrected chi connectivity index (χ3v) is 2.74. The molecule has 1 unspecified atom stereocenters. The highest BCUT2D eigenvalue weighted by atomic mass is 35.5. The Balaban J connectivity index is 2.32. The third kappa shape index (κ3) is 3.04. The number of hydrogen-bond donors (Lipinski definition) is 1. The lowest BCUT2D eigenvalue weighted by atomic mass is 10.2. The molecule has 0 bridgehead atoms. The van der Waals surface area contributed by atoms with Crippen molar-refractivity contribution in [1.82, 2.24) is 10.1 Å². The molecule has 0 aliphatic carbocycles. The van der Waals surface area contributed by atoms with Crippen molar-refractivity contribution in [2.45, 2.75) is 6.04 Å². The zero-order valence-corrected chi connectivity index (χ0v) is 11.3. The highest BCUT2D eigenvalue weighted by Crippen LogP contribution is 2.30. The fraction of sp³-hybridized carbons (Fsp3) is 0.333. The quantitative estimate of drug-likeness (QED) is 0.904. The minimum Gasteiger partial charge on any atom is -0.496 e. The van der Waals surface area contributed by atoms with Crippen molar-refractivity contribution in [2.24, 2.45) is 5.73 Å². The van der Waals surface area contributed by atoms with Crippen molar-refractivity contribution in [1.29, 1.82) is 0 Å². The lowest BCUT2D eigenvalue weighted by Crippen LogP contribution is -2.16. The van der Waals surface area contributed by atoms with Crippen LogP contribution in [0.4, 0.5) is 0 Å². The normalized spacial score (nSPS) is 12.4. The van der Waals surface area contributed by atoms with Crippen LogP contribution in [0.15, 0.2) is 22.7 Å². The molecule has 0 saturated carbocycles. The van der Waals surface area contributed by atoms with Gasteiger partial charge in [-0.15, -0.1) is 0 Å². The van der Waals surface area contributed by atoms with Crippen LogP contribution in [0.5, 0.6) is 5.75 Å². The maximum Gasteiger partial charge on any atom is 0.246 e. The summed E-state index contributed by atoms with van der Waals surface area (Å²) in [5.41, 5.74) is 6.50. The van der Waals surface area contributed by atoms with Crippen LogP contribution in [0.2, 0.25) is 5.02 Å². The predicted molar refractivity (Wildman–Crippen MR) is 70.1 cm³/mol. The highest BCUT2D eigenvalue weighted by Gasteiger charge is 2.17. The van der Waals surface area contributed by atoms with Crippen LogP contribution < -0.4 is 10.5 Å². The molecule has 0 spiro atoms. The van der Waals surface area contributed by atoms with E-state index in [0.29, 0.717) is 34.7 Å². The minimum absolute atomic E-state index is 0.305. The van der Waals surface area contributed by atoms with E-state index < -0.39 is 6.04 Å². The van der Waals surface area contributed by atoms with Gasteiger partial charge in [0.2, 0.25) is 11.7 Å². The van der Waals surface area contributed by atoms with E-state index in [9.17, 15) is 0 Å². The Labute approximate surface area is 115 Å². The maximum absolute atomic E-state index is 5.90. The first-order valence-corrected chi connectivity index (χ1v) is 5.95. The van der Waals surface area contributed by atoms with E-state index in [1.54, 1.807) is 32.4 Å². The van der Waals surface area contributed by atoms with E-state index in [4.69, 9.17) is 31.3 Å². The van der Waals surface area contributed by atoms with Crippen LogP contribution in [-0.2, 0) is 4.74 Å². The van der Waals surface area contributed by atoms with E-state index in [-0.39, 0.29) is 0 Å².